The zero-order chi connectivity index (χ0) is 13.7. The van der Waals surface area contributed by atoms with E-state index in [0.717, 1.165) is 5.69 Å². The summed E-state index contributed by atoms with van der Waals surface area (Å²) in [6, 6.07) is 16.1. The molecule has 0 amide bonds. The van der Waals surface area contributed by atoms with Crippen molar-refractivity contribution in [2.75, 3.05) is 5.48 Å². The summed E-state index contributed by atoms with van der Waals surface area (Å²) in [5.41, 5.74) is 4.12. The molecule has 3 nitrogen and oxygen atoms in total. The van der Waals surface area contributed by atoms with Gasteiger partial charge in [0.2, 0.25) is 0 Å². The molecule has 1 N–H and O–H groups in total. The van der Waals surface area contributed by atoms with Crippen molar-refractivity contribution in [3.05, 3.63) is 65.2 Å². The summed E-state index contributed by atoms with van der Waals surface area (Å²) in [5.74, 6) is -0.0675. The van der Waals surface area contributed by atoms with Gasteiger partial charge in [0, 0.05) is 10.6 Å². The first-order chi connectivity index (χ1) is 9.16. The average Bonchev–Trinajstić information content (AvgIpc) is 2.46. The Morgan fingerprint density at radius 3 is 2.37 bits per heavy atom. The summed E-state index contributed by atoms with van der Waals surface area (Å²) in [5, 5.41) is 0.652. The minimum Gasteiger partial charge on any atom is -0.291 e. The van der Waals surface area contributed by atoms with Crippen LogP contribution in [0.2, 0.25) is 5.02 Å². The Kier molecular flexibility index (Phi) is 4.55. The first-order valence-corrected chi connectivity index (χ1v) is 6.31. The maximum Gasteiger partial charge on any atom is 0.193 e. The van der Waals surface area contributed by atoms with Crippen LogP contribution in [0.15, 0.2) is 54.6 Å². The van der Waals surface area contributed by atoms with Crippen molar-refractivity contribution < 1.29 is 9.63 Å². The van der Waals surface area contributed by atoms with Gasteiger partial charge in [-0.25, -0.2) is 0 Å². The van der Waals surface area contributed by atoms with Gasteiger partial charge in [-0.3, -0.25) is 15.1 Å². The van der Waals surface area contributed by atoms with Crippen molar-refractivity contribution in [1.82, 2.24) is 0 Å². The van der Waals surface area contributed by atoms with Gasteiger partial charge in [0.15, 0.2) is 5.78 Å². The lowest BCUT2D eigenvalue weighted by atomic mass is 10.1. The molecule has 2 aromatic carbocycles. The Bertz CT molecular complexity index is 540. The Balaban J connectivity index is 1.92. The largest absolute Gasteiger partial charge is 0.291 e. The molecule has 0 bridgehead atoms. The standard InChI is InChI=1S/C15H14ClNO2/c1-11(15(18)12-5-3-2-4-6-12)19-17-14-9-7-13(16)8-10-14/h2-11,17H,1H3. The van der Waals surface area contributed by atoms with Gasteiger partial charge in [0.05, 0.1) is 5.69 Å². The minimum atomic E-state index is -0.571. The Morgan fingerprint density at radius 1 is 1.11 bits per heavy atom. The average molecular weight is 276 g/mol. The van der Waals surface area contributed by atoms with Gasteiger partial charge >= 0.3 is 0 Å². The lowest BCUT2D eigenvalue weighted by Gasteiger charge is -2.13. The van der Waals surface area contributed by atoms with Crippen LogP contribution >= 0.6 is 11.6 Å². The topological polar surface area (TPSA) is 38.3 Å². The highest BCUT2D eigenvalue weighted by Gasteiger charge is 2.15. The lowest BCUT2D eigenvalue weighted by molar-refractivity contribution is 0.0648. The number of anilines is 1. The molecule has 0 saturated heterocycles. The van der Waals surface area contributed by atoms with Gasteiger partial charge in [0.1, 0.15) is 6.10 Å². The molecule has 1 atom stereocenters. The number of carbonyl (C=O) groups is 1. The quantitative estimate of drug-likeness (QED) is 0.663. The third kappa shape index (κ3) is 3.81. The molecule has 0 aliphatic carbocycles. The summed E-state index contributed by atoms with van der Waals surface area (Å²) in [7, 11) is 0. The fraction of sp³-hybridized carbons (Fsp3) is 0.133. The zero-order valence-corrected chi connectivity index (χ0v) is 11.2. The number of halogens is 1. The summed E-state index contributed by atoms with van der Waals surface area (Å²) in [6.45, 7) is 1.71. The third-order valence-corrected chi connectivity index (χ3v) is 2.88. The first-order valence-electron chi connectivity index (χ1n) is 5.93. The molecule has 0 aliphatic heterocycles. The van der Waals surface area contributed by atoms with Crippen molar-refractivity contribution >= 4 is 23.1 Å². The van der Waals surface area contributed by atoms with E-state index >= 15 is 0 Å². The minimum absolute atomic E-state index is 0.0675. The Labute approximate surface area is 117 Å². The van der Waals surface area contributed by atoms with Crippen molar-refractivity contribution in [3.63, 3.8) is 0 Å². The molecule has 2 aromatic rings. The fourth-order valence-electron chi connectivity index (χ4n) is 1.57. The molecule has 98 valence electrons. The number of carbonyl (C=O) groups excluding carboxylic acids is 1. The van der Waals surface area contributed by atoms with E-state index < -0.39 is 6.10 Å². The number of ketones is 1. The van der Waals surface area contributed by atoms with Crippen LogP contribution in [0.4, 0.5) is 5.69 Å². The third-order valence-electron chi connectivity index (χ3n) is 2.63. The van der Waals surface area contributed by atoms with E-state index in [0.29, 0.717) is 10.6 Å². The van der Waals surface area contributed by atoms with Crippen LogP contribution in [0.25, 0.3) is 0 Å². The maximum atomic E-state index is 12.0. The molecule has 0 heterocycles. The summed E-state index contributed by atoms with van der Waals surface area (Å²) in [6.07, 6.45) is -0.571. The second-order valence-corrected chi connectivity index (χ2v) is 4.54. The maximum absolute atomic E-state index is 12.0. The van der Waals surface area contributed by atoms with Gasteiger partial charge in [-0.15, -0.1) is 0 Å². The Morgan fingerprint density at radius 2 is 1.74 bits per heavy atom. The highest BCUT2D eigenvalue weighted by atomic mass is 35.5. The normalized spacial score (nSPS) is 11.9. The van der Waals surface area contributed by atoms with Crippen LogP contribution in [0.5, 0.6) is 0 Å². The van der Waals surface area contributed by atoms with Crippen molar-refractivity contribution in [2.45, 2.75) is 13.0 Å². The van der Waals surface area contributed by atoms with Gasteiger partial charge in [-0.2, -0.15) is 0 Å². The number of benzene rings is 2. The molecule has 2 rings (SSSR count). The molecule has 4 heteroatoms. The second-order valence-electron chi connectivity index (χ2n) is 4.10. The van der Waals surface area contributed by atoms with Crippen LogP contribution in [0, 0.1) is 0 Å². The van der Waals surface area contributed by atoms with Gasteiger partial charge in [-0.05, 0) is 31.2 Å². The van der Waals surface area contributed by atoms with Crippen molar-refractivity contribution in [3.8, 4) is 0 Å². The van der Waals surface area contributed by atoms with E-state index in [1.54, 1.807) is 43.3 Å². The summed E-state index contributed by atoms with van der Waals surface area (Å²) >= 11 is 5.78. The van der Waals surface area contributed by atoms with Crippen LogP contribution in [0.1, 0.15) is 17.3 Å². The van der Waals surface area contributed by atoms with E-state index in [1.165, 1.54) is 0 Å². The van der Waals surface area contributed by atoms with Gasteiger partial charge < -0.3 is 0 Å². The molecule has 0 saturated carbocycles. The van der Waals surface area contributed by atoms with E-state index in [1.807, 2.05) is 18.2 Å². The zero-order valence-electron chi connectivity index (χ0n) is 10.5. The number of hydrogen-bond donors (Lipinski definition) is 1. The highest BCUT2D eigenvalue weighted by Crippen LogP contribution is 2.14. The molecular weight excluding hydrogens is 262 g/mol. The molecule has 0 spiro atoms. The smallest absolute Gasteiger partial charge is 0.193 e. The fourth-order valence-corrected chi connectivity index (χ4v) is 1.69. The predicted molar refractivity (Wildman–Crippen MR) is 76.4 cm³/mol. The molecule has 1 unspecified atom stereocenters. The van der Waals surface area contributed by atoms with Crippen LogP contribution < -0.4 is 5.48 Å². The molecular formula is C15H14ClNO2. The monoisotopic (exact) mass is 275 g/mol. The number of rotatable bonds is 5. The molecule has 0 aromatic heterocycles. The van der Waals surface area contributed by atoms with Crippen molar-refractivity contribution in [2.24, 2.45) is 0 Å². The van der Waals surface area contributed by atoms with E-state index in [4.69, 9.17) is 16.4 Å². The van der Waals surface area contributed by atoms with E-state index in [9.17, 15) is 4.79 Å². The van der Waals surface area contributed by atoms with Gasteiger partial charge in [-0.1, -0.05) is 41.9 Å². The SMILES string of the molecule is CC(ONc1ccc(Cl)cc1)C(=O)c1ccccc1. The van der Waals surface area contributed by atoms with Crippen molar-refractivity contribution in [1.29, 1.82) is 0 Å². The van der Waals surface area contributed by atoms with Crippen LogP contribution in [-0.2, 0) is 4.84 Å². The summed E-state index contributed by atoms with van der Waals surface area (Å²) in [4.78, 5) is 17.4. The van der Waals surface area contributed by atoms with Crippen LogP contribution in [0.3, 0.4) is 0 Å². The summed E-state index contributed by atoms with van der Waals surface area (Å²) < 4.78 is 0. The number of Topliss-reactive ketones (excluding diaryl/α,β-unsaturated/α-hetero) is 1. The molecule has 0 aliphatic rings. The second kappa shape index (κ2) is 6.36. The number of hydrogen-bond acceptors (Lipinski definition) is 3. The number of nitrogens with one attached hydrogen (secondary N) is 1. The molecule has 0 fully saturated rings. The van der Waals surface area contributed by atoms with Gasteiger partial charge in [0.25, 0.3) is 0 Å². The molecule has 19 heavy (non-hydrogen) atoms. The highest BCUT2D eigenvalue weighted by molar-refractivity contribution is 6.30. The van der Waals surface area contributed by atoms with E-state index in [2.05, 4.69) is 5.48 Å². The Hall–Kier alpha value is -1.84. The van der Waals surface area contributed by atoms with Crippen LogP contribution in [-0.4, -0.2) is 11.9 Å². The molecule has 0 radical (unpaired) electrons. The van der Waals surface area contributed by atoms with E-state index in [-0.39, 0.29) is 5.78 Å². The first kappa shape index (κ1) is 13.6. The lowest BCUT2D eigenvalue weighted by Crippen LogP contribution is -2.23. The predicted octanol–water partition coefficient (Wildman–Crippen LogP) is 3.95.